The SMILES string of the molecule is CCOC(=O)c1ccc(Oc2c(Br)cccc2C=O)cc1N(C(=O)C1CCC(C)CC1)C(C)C. The van der Waals surface area contributed by atoms with Gasteiger partial charge >= 0.3 is 5.97 Å². The van der Waals surface area contributed by atoms with Crippen molar-refractivity contribution in [1.29, 1.82) is 0 Å². The van der Waals surface area contributed by atoms with Crippen molar-refractivity contribution >= 4 is 39.8 Å². The first-order valence-corrected chi connectivity index (χ1v) is 12.6. The maximum absolute atomic E-state index is 13.7. The molecule has 7 heteroatoms. The zero-order valence-corrected chi connectivity index (χ0v) is 21.8. The van der Waals surface area contributed by atoms with Gasteiger partial charge in [-0.15, -0.1) is 0 Å². The quantitative estimate of drug-likeness (QED) is 0.277. The maximum Gasteiger partial charge on any atom is 0.340 e. The minimum absolute atomic E-state index is 0.0130. The first kappa shape index (κ1) is 25.9. The number of carbonyl (C=O) groups is 3. The molecule has 1 amide bonds. The van der Waals surface area contributed by atoms with E-state index in [9.17, 15) is 14.4 Å². The number of esters is 1. The molecule has 0 bridgehead atoms. The predicted molar refractivity (Wildman–Crippen MR) is 136 cm³/mol. The molecule has 3 rings (SSSR count). The Morgan fingerprint density at radius 1 is 1.15 bits per heavy atom. The van der Waals surface area contributed by atoms with Crippen LogP contribution in [0.25, 0.3) is 0 Å². The summed E-state index contributed by atoms with van der Waals surface area (Å²) in [5.74, 6) is 0.848. The highest BCUT2D eigenvalue weighted by molar-refractivity contribution is 9.10. The van der Waals surface area contributed by atoms with E-state index in [0.29, 0.717) is 38.7 Å². The Labute approximate surface area is 209 Å². The van der Waals surface area contributed by atoms with Crippen molar-refractivity contribution < 1.29 is 23.9 Å². The molecule has 0 spiro atoms. The molecule has 2 aromatic rings. The fourth-order valence-corrected chi connectivity index (χ4v) is 4.82. The Balaban J connectivity index is 2.05. The van der Waals surface area contributed by atoms with E-state index < -0.39 is 5.97 Å². The van der Waals surface area contributed by atoms with E-state index in [1.807, 2.05) is 13.8 Å². The van der Waals surface area contributed by atoms with E-state index in [4.69, 9.17) is 9.47 Å². The van der Waals surface area contributed by atoms with Crippen LogP contribution in [0.1, 0.15) is 74.1 Å². The largest absolute Gasteiger partial charge is 0.462 e. The van der Waals surface area contributed by atoms with Crippen LogP contribution in [0.4, 0.5) is 5.69 Å². The lowest BCUT2D eigenvalue weighted by atomic mass is 9.82. The summed E-state index contributed by atoms with van der Waals surface area (Å²) in [7, 11) is 0. The number of benzene rings is 2. The van der Waals surface area contributed by atoms with Crippen LogP contribution >= 0.6 is 15.9 Å². The normalized spacial score (nSPS) is 17.8. The van der Waals surface area contributed by atoms with Gasteiger partial charge < -0.3 is 14.4 Å². The van der Waals surface area contributed by atoms with Crippen LogP contribution in [0.2, 0.25) is 0 Å². The summed E-state index contributed by atoms with van der Waals surface area (Å²) >= 11 is 3.43. The summed E-state index contributed by atoms with van der Waals surface area (Å²) in [4.78, 5) is 39.7. The van der Waals surface area contributed by atoms with Crippen LogP contribution in [0.15, 0.2) is 40.9 Å². The number of hydrogen-bond donors (Lipinski definition) is 0. The number of ether oxygens (including phenoxy) is 2. The van der Waals surface area contributed by atoms with E-state index in [1.54, 1.807) is 48.2 Å². The number of anilines is 1. The van der Waals surface area contributed by atoms with Crippen molar-refractivity contribution in [3.8, 4) is 11.5 Å². The smallest absolute Gasteiger partial charge is 0.340 e. The molecule has 0 saturated heterocycles. The van der Waals surface area contributed by atoms with Crippen LogP contribution in [0.5, 0.6) is 11.5 Å². The minimum Gasteiger partial charge on any atom is -0.462 e. The fourth-order valence-electron chi connectivity index (χ4n) is 4.35. The summed E-state index contributed by atoms with van der Waals surface area (Å²) in [6, 6.07) is 9.97. The zero-order chi connectivity index (χ0) is 24.8. The van der Waals surface area contributed by atoms with Gasteiger partial charge in [-0.2, -0.15) is 0 Å². The highest BCUT2D eigenvalue weighted by Gasteiger charge is 2.32. The number of carbonyl (C=O) groups excluding carboxylic acids is 3. The number of amides is 1. The van der Waals surface area contributed by atoms with Gasteiger partial charge in [0.1, 0.15) is 5.75 Å². The number of aldehydes is 1. The molecular weight excluding hydrogens is 498 g/mol. The topological polar surface area (TPSA) is 72.9 Å². The molecule has 0 heterocycles. The highest BCUT2D eigenvalue weighted by atomic mass is 79.9. The monoisotopic (exact) mass is 529 g/mol. The standard InChI is InChI=1S/C27H32BrNO5/c1-5-33-27(32)22-14-13-21(34-25-20(16-30)7-6-8-23(25)28)15-24(22)29(17(2)3)26(31)19-11-9-18(4)10-12-19/h6-8,13-19H,5,9-12H2,1-4H3. The molecular formula is C27H32BrNO5. The Morgan fingerprint density at radius 3 is 2.47 bits per heavy atom. The molecule has 0 N–H and O–H groups in total. The van der Waals surface area contributed by atoms with Gasteiger partial charge in [-0.25, -0.2) is 4.79 Å². The lowest BCUT2D eigenvalue weighted by molar-refractivity contribution is -0.123. The van der Waals surface area contributed by atoms with Gasteiger partial charge in [-0.05, 0) is 92.6 Å². The predicted octanol–water partition coefficient (Wildman–Crippen LogP) is 6.80. The molecule has 0 aromatic heterocycles. The van der Waals surface area contributed by atoms with Gasteiger partial charge in [0, 0.05) is 18.0 Å². The van der Waals surface area contributed by atoms with Gasteiger partial charge in [0.15, 0.2) is 12.0 Å². The number of rotatable bonds is 8. The Hall–Kier alpha value is -2.67. The Morgan fingerprint density at radius 2 is 1.85 bits per heavy atom. The van der Waals surface area contributed by atoms with E-state index in [1.165, 1.54) is 0 Å². The third kappa shape index (κ3) is 5.87. The molecule has 0 radical (unpaired) electrons. The molecule has 1 aliphatic carbocycles. The molecule has 1 saturated carbocycles. The first-order valence-electron chi connectivity index (χ1n) is 11.8. The fraction of sp³-hybridized carbons (Fsp3) is 0.444. The summed E-state index contributed by atoms with van der Waals surface area (Å²) in [5, 5.41) is 0. The lowest BCUT2D eigenvalue weighted by Crippen LogP contribution is -2.43. The third-order valence-electron chi connectivity index (χ3n) is 6.19. The van der Waals surface area contributed by atoms with Crippen molar-refractivity contribution in [3.05, 3.63) is 52.0 Å². The van der Waals surface area contributed by atoms with Crippen LogP contribution in [-0.2, 0) is 9.53 Å². The number of para-hydroxylation sites is 1. The second-order valence-electron chi connectivity index (χ2n) is 9.04. The van der Waals surface area contributed by atoms with Crippen molar-refractivity contribution in [2.75, 3.05) is 11.5 Å². The van der Waals surface area contributed by atoms with E-state index in [-0.39, 0.29) is 24.5 Å². The number of hydrogen-bond acceptors (Lipinski definition) is 5. The van der Waals surface area contributed by atoms with Crippen molar-refractivity contribution in [3.63, 3.8) is 0 Å². The second-order valence-corrected chi connectivity index (χ2v) is 9.89. The zero-order valence-electron chi connectivity index (χ0n) is 20.2. The Bertz CT molecular complexity index is 1040. The van der Waals surface area contributed by atoms with E-state index in [2.05, 4.69) is 22.9 Å². The molecule has 1 fully saturated rings. The van der Waals surface area contributed by atoms with Gasteiger partial charge in [0.2, 0.25) is 5.91 Å². The average molecular weight is 530 g/mol. The molecule has 0 aliphatic heterocycles. The van der Waals surface area contributed by atoms with Crippen molar-refractivity contribution in [2.24, 2.45) is 11.8 Å². The van der Waals surface area contributed by atoms with E-state index >= 15 is 0 Å². The van der Waals surface area contributed by atoms with Crippen LogP contribution < -0.4 is 9.64 Å². The van der Waals surface area contributed by atoms with Crippen molar-refractivity contribution in [1.82, 2.24) is 0 Å². The van der Waals surface area contributed by atoms with Gasteiger partial charge in [0.25, 0.3) is 0 Å². The van der Waals surface area contributed by atoms with Crippen LogP contribution in [0, 0.1) is 11.8 Å². The van der Waals surface area contributed by atoms with E-state index in [0.717, 1.165) is 32.0 Å². The molecule has 1 aliphatic rings. The molecule has 182 valence electrons. The molecule has 34 heavy (non-hydrogen) atoms. The Kier molecular flexibility index (Phi) is 8.89. The summed E-state index contributed by atoms with van der Waals surface area (Å²) in [6.07, 6.45) is 4.45. The van der Waals surface area contributed by atoms with Gasteiger partial charge in [0.05, 0.1) is 27.9 Å². The summed E-state index contributed by atoms with van der Waals surface area (Å²) in [6.45, 7) is 8.06. The summed E-state index contributed by atoms with van der Waals surface area (Å²) in [5.41, 5.74) is 1.15. The van der Waals surface area contributed by atoms with Gasteiger partial charge in [-0.1, -0.05) is 13.0 Å². The van der Waals surface area contributed by atoms with Crippen LogP contribution in [0.3, 0.4) is 0 Å². The molecule has 0 atom stereocenters. The minimum atomic E-state index is -0.491. The third-order valence-corrected chi connectivity index (χ3v) is 6.81. The molecule has 0 unspecified atom stereocenters. The number of nitrogens with zero attached hydrogens (tertiary/aromatic N) is 1. The molecule has 6 nitrogen and oxygen atoms in total. The second kappa shape index (κ2) is 11.6. The summed E-state index contributed by atoms with van der Waals surface area (Å²) < 4.78 is 12.0. The van der Waals surface area contributed by atoms with Crippen LogP contribution in [-0.4, -0.2) is 30.8 Å². The number of halogens is 1. The lowest BCUT2D eigenvalue weighted by Gasteiger charge is -2.34. The average Bonchev–Trinajstić information content (AvgIpc) is 2.81. The van der Waals surface area contributed by atoms with Gasteiger partial charge in [-0.3, -0.25) is 9.59 Å². The van der Waals surface area contributed by atoms with Crippen molar-refractivity contribution in [2.45, 2.75) is 59.4 Å². The first-order chi connectivity index (χ1) is 16.3. The maximum atomic E-state index is 13.7. The highest BCUT2D eigenvalue weighted by Crippen LogP contribution is 2.37. The molecule has 2 aromatic carbocycles.